The highest BCUT2D eigenvalue weighted by Gasteiger charge is 2.22. The van der Waals surface area contributed by atoms with Crippen LogP contribution in [-0.4, -0.2) is 5.11 Å². The van der Waals surface area contributed by atoms with Crippen LogP contribution in [0, 0.1) is 17.6 Å². The normalized spacial score (nSPS) is 22.1. The third kappa shape index (κ3) is 2.81. The molecule has 22 heavy (non-hydrogen) atoms. The number of fused-ring (bicyclic) bond motifs is 1. The Morgan fingerprint density at radius 3 is 2.50 bits per heavy atom. The van der Waals surface area contributed by atoms with Crippen molar-refractivity contribution in [1.82, 2.24) is 0 Å². The molecular formula is C19H22F2O. The number of halogens is 2. The van der Waals surface area contributed by atoms with Gasteiger partial charge in [0.2, 0.25) is 0 Å². The number of phenols is 1. The summed E-state index contributed by atoms with van der Waals surface area (Å²) in [7, 11) is 0. The summed E-state index contributed by atoms with van der Waals surface area (Å²) in [5, 5.41) is 10.2. The van der Waals surface area contributed by atoms with Crippen LogP contribution in [0.4, 0.5) is 8.78 Å². The molecule has 0 atom stereocenters. The Bertz CT molecular complexity index is 673. The van der Waals surface area contributed by atoms with Crippen LogP contribution in [0.15, 0.2) is 24.3 Å². The van der Waals surface area contributed by atoms with E-state index >= 15 is 0 Å². The Balaban J connectivity index is 1.85. The van der Waals surface area contributed by atoms with Gasteiger partial charge in [0.1, 0.15) is 0 Å². The SMILES string of the molecule is CCC[C@H]1CC[C@H](c2ccc3c(F)c(O)c(F)cc3c2)CC1. The highest BCUT2D eigenvalue weighted by atomic mass is 19.1. The lowest BCUT2D eigenvalue weighted by Gasteiger charge is -2.28. The minimum absolute atomic E-state index is 0.280. The van der Waals surface area contributed by atoms with E-state index in [1.54, 1.807) is 6.07 Å². The monoisotopic (exact) mass is 304 g/mol. The maximum atomic E-state index is 13.9. The van der Waals surface area contributed by atoms with Gasteiger partial charge in [0.25, 0.3) is 0 Å². The first-order chi connectivity index (χ1) is 10.6. The molecule has 1 fully saturated rings. The molecule has 3 heteroatoms. The fourth-order valence-electron chi connectivity index (χ4n) is 3.78. The van der Waals surface area contributed by atoms with Gasteiger partial charge < -0.3 is 5.11 Å². The second kappa shape index (κ2) is 6.23. The molecular weight excluding hydrogens is 282 g/mol. The average molecular weight is 304 g/mol. The van der Waals surface area contributed by atoms with Crippen molar-refractivity contribution in [3.05, 3.63) is 41.5 Å². The van der Waals surface area contributed by atoms with E-state index in [1.165, 1.54) is 31.7 Å². The van der Waals surface area contributed by atoms with Crippen LogP contribution in [0.5, 0.6) is 5.75 Å². The first-order valence-electron chi connectivity index (χ1n) is 8.20. The van der Waals surface area contributed by atoms with Crippen molar-refractivity contribution in [3.63, 3.8) is 0 Å². The topological polar surface area (TPSA) is 20.2 Å². The van der Waals surface area contributed by atoms with Crippen molar-refractivity contribution in [1.29, 1.82) is 0 Å². The number of aromatic hydroxyl groups is 1. The Kier molecular flexibility index (Phi) is 4.32. The first-order valence-corrected chi connectivity index (χ1v) is 8.20. The lowest BCUT2D eigenvalue weighted by Crippen LogP contribution is -2.13. The van der Waals surface area contributed by atoms with Crippen molar-refractivity contribution >= 4 is 10.8 Å². The summed E-state index contributed by atoms with van der Waals surface area (Å²) in [5.74, 6) is -1.33. The number of hydrogen-bond donors (Lipinski definition) is 1. The molecule has 0 saturated heterocycles. The first kappa shape index (κ1) is 15.3. The van der Waals surface area contributed by atoms with Gasteiger partial charge >= 0.3 is 0 Å². The summed E-state index contributed by atoms with van der Waals surface area (Å²) < 4.78 is 27.4. The summed E-state index contributed by atoms with van der Waals surface area (Å²) in [6.07, 6.45) is 7.34. The Labute approximate surface area is 130 Å². The van der Waals surface area contributed by atoms with E-state index in [2.05, 4.69) is 6.92 Å². The summed E-state index contributed by atoms with van der Waals surface area (Å²) in [5.41, 5.74) is 1.16. The van der Waals surface area contributed by atoms with Gasteiger partial charge in [0, 0.05) is 5.39 Å². The van der Waals surface area contributed by atoms with Crippen LogP contribution in [-0.2, 0) is 0 Å². The third-order valence-electron chi connectivity index (χ3n) is 5.04. The van der Waals surface area contributed by atoms with Gasteiger partial charge in [-0.25, -0.2) is 8.78 Å². The number of phenolic OH excluding ortho intramolecular Hbond substituents is 1. The van der Waals surface area contributed by atoms with E-state index in [-0.39, 0.29) is 5.39 Å². The molecule has 1 saturated carbocycles. The highest BCUT2D eigenvalue weighted by molar-refractivity contribution is 5.85. The third-order valence-corrected chi connectivity index (χ3v) is 5.04. The van der Waals surface area contributed by atoms with E-state index in [1.807, 2.05) is 12.1 Å². The summed E-state index contributed by atoms with van der Waals surface area (Å²) in [6.45, 7) is 2.23. The number of benzene rings is 2. The molecule has 118 valence electrons. The lowest BCUT2D eigenvalue weighted by molar-refractivity contribution is 0.308. The quantitative estimate of drug-likeness (QED) is 0.748. The largest absolute Gasteiger partial charge is 0.503 e. The molecule has 1 N–H and O–H groups in total. The van der Waals surface area contributed by atoms with Gasteiger partial charge in [-0.15, -0.1) is 0 Å². The van der Waals surface area contributed by atoms with Crippen LogP contribution in [0.25, 0.3) is 10.8 Å². The Morgan fingerprint density at radius 1 is 1.09 bits per heavy atom. The minimum atomic E-state index is -0.895. The van der Waals surface area contributed by atoms with Gasteiger partial charge in [-0.1, -0.05) is 38.0 Å². The number of hydrogen-bond acceptors (Lipinski definition) is 1. The fraction of sp³-hybridized carbons (Fsp3) is 0.474. The second-order valence-electron chi connectivity index (χ2n) is 6.51. The smallest absolute Gasteiger partial charge is 0.188 e. The molecule has 0 radical (unpaired) electrons. The average Bonchev–Trinajstić information content (AvgIpc) is 2.53. The van der Waals surface area contributed by atoms with Crippen molar-refractivity contribution < 1.29 is 13.9 Å². The molecule has 0 unspecified atom stereocenters. The Hall–Kier alpha value is -1.64. The van der Waals surface area contributed by atoms with Crippen LogP contribution >= 0.6 is 0 Å². The molecule has 1 aliphatic carbocycles. The fourth-order valence-corrected chi connectivity index (χ4v) is 3.78. The van der Waals surface area contributed by atoms with Crippen LogP contribution in [0.3, 0.4) is 0 Å². The zero-order valence-electron chi connectivity index (χ0n) is 12.9. The maximum absolute atomic E-state index is 13.9. The van der Waals surface area contributed by atoms with Crippen LogP contribution in [0.1, 0.15) is 56.9 Å². The van der Waals surface area contributed by atoms with Gasteiger partial charge in [0.05, 0.1) is 0 Å². The molecule has 1 aliphatic rings. The van der Waals surface area contributed by atoms with Crippen LogP contribution in [0.2, 0.25) is 0 Å². The van der Waals surface area contributed by atoms with Crippen molar-refractivity contribution in [2.24, 2.45) is 5.92 Å². The van der Waals surface area contributed by atoms with Gasteiger partial charge in [-0.05, 0) is 54.5 Å². The van der Waals surface area contributed by atoms with E-state index < -0.39 is 17.4 Å². The molecule has 1 nitrogen and oxygen atoms in total. The highest BCUT2D eigenvalue weighted by Crippen LogP contribution is 2.39. The number of rotatable bonds is 3. The molecule has 2 aromatic rings. The van der Waals surface area contributed by atoms with E-state index in [0.717, 1.165) is 24.3 Å². The summed E-state index contributed by atoms with van der Waals surface area (Å²) in [6, 6.07) is 6.69. The standard InChI is InChI=1S/C19H22F2O/c1-2-3-12-4-6-13(7-5-12)14-8-9-16-15(10-14)11-17(20)19(22)18(16)21/h8-13,22H,2-7H2,1H3/t12-,13-. The summed E-state index contributed by atoms with van der Waals surface area (Å²) in [4.78, 5) is 0. The van der Waals surface area contributed by atoms with Crippen LogP contribution < -0.4 is 0 Å². The van der Waals surface area contributed by atoms with Crippen molar-refractivity contribution in [3.8, 4) is 5.75 Å². The predicted molar refractivity (Wildman–Crippen MR) is 85.1 cm³/mol. The van der Waals surface area contributed by atoms with E-state index in [4.69, 9.17) is 0 Å². The minimum Gasteiger partial charge on any atom is -0.503 e. The van der Waals surface area contributed by atoms with Crippen molar-refractivity contribution in [2.45, 2.75) is 51.4 Å². The second-order valence-corrected chi connectivity index (χ2v) is 6.51. The zero-order valence-corrected chi connectivity index (χ0v) is 12.9. The molecule has 0 amide bonds. The van der Waals surface area contributed by atoms with Gasteiger partial charge in [-0.2, -0.15) is 0 Å². The van der Waals surface area contributed by atoms with Crippen molar-refractivity contribution in [2.75, 3.05) is 0 Å². The molecule has 0 heterocycles. The van der Waals surface area contributed by atoms with E-state index in [0.29, 0.717) is 11.3 Å². The lowest BCUT2D eigenvalue weighted by atomic mass is 9.77. The Morgan fingerprint density at radius 2 is 1.82 bits per heavy atom. The molecule has 0 spiro atoms. The maximum Gasteiger partial charge on any atom is 0.188 e. The predicted octanol–water partition coefficient (Wildman–Crippen LogP) is 5.90. The molecule has 0 bridgehead atoms. The zero-order chi connectivity index (χ0) is 15.7. The molecule has 0 aromatic heterocycles. The molecule has 3 rings (SSSR count). The molecule has 0 aliphatic heterocycles. The summed E-state index contributed by atoms with van der Waals surface area (Å²) >= 11 is 0. The van der Waals surface area contributed by atoms with E-state index in [9.17, 15) is 13.9 Å². The van der Waals surface area contributed by atoms with Gasteiger partial charge in [0.15, 0.2) is 17.4 Å². The van der Waals surface area contributed by atoms with Gasteiger partial charge in [-0.3, -0.25) is 0 Å². The molecule has 2 aromatic carbocycles.